The number of carboxylic acid groups (broad SMARTS) is 1. The van der Waals surface area contributed by atoms with Crippen molar-refractivity contribution in [3.05, 3.63) is 34.9 Å². The van der Waals surface area contributed by atoms with Gasteiger partial charge in [-0.3, -0.25) is 9.69 Å². The van der Waals surface area contributed by atoms with Gasteiger partial charge in [0, 0.05) is 19.1 Å². The van der Waals surface area contributed by atoms with Gasteiger partial charge in [0.25, 0.3) is 0 Å². The van der Waals surface area contributed by atoms with Crippen LogP contribution in [0.2, 0.25) is 0 Å². The van der Waals surface area contributed by atoms with Crippen LogP contribution in [0.4, 0.5) is 0 Å². The summed E-state index contributed by atoms with van der Waals surface area (Å²) in [5, 5.41) is 17.6. The van der Waals surface area contributed by atoms with E-state index in [1.807, 2.05) is 25.1 Å². The first-order valence-corrected chi connectivity index (χ1v) is 6.55. The second-order valence-corrected chi connectivity index (χ2v) is 5.10. The minimum absolute atomic E-state index is 0.186. The van der Waals surface area contributed by atoms with E-state index < -0.39 is 5.97 Å². The van der Waals surface area contributed by atoms with Crippen LogP contribution in [0.3, 0.4) is 0 Å². The van der Waals surface area contributed by atoms with Crippen LogP contribution in [-0.2, 0) is 11.3 Å². The van der Waals surface area contributed by atoms with Crippen molar-refractivity contribution in [2.75, 3.05) is 6.54 Å². The topological polar surface area (TPSA) is 64.3 Å². The number of benzene rings is 1. The van der Waals surface area contributed by atoms with Crippen molar-refractivity contribution in [2.24, 2.45) is 0 Å². The zero-order valence-corrected chi connectivity index (χ0v) is 11.1. The summed E-state index contributed by atoms with van der Waals surface area (Å²) in [6, 6.07) is 8.36. The van der Waals surface area contributed by atoms with Gasteiger partial charge < -0.3 is 5.11 Å². The van der Waals surface area contributed by atoms with E-state index in [1.54, 1.807) is 0 Å². The average molecular weight is 258 g/mol. The van der Waals surface area contributed by atoms with E-state index >= 15 is 0 Å². The lowest BCUT2D eigenvalue weighted by Crippen LogP contribution is -2.28. The van der Waals surface area contributed by atoms with E-state index in [1.165, 1.54) is 5.56 Å². The number of hydrogen-bond donors (Lipinski definition) is 1. The highest BCUT2D eigenvalue weighted by molar-refractivity contribution is 5.66. The van der Waals surface area contributed by atoms with Gasteiger partial charge in [0.2, 0.25) is 0 Å². The molecular formula is C15H18N2O2. The lowest BCUT2D eigenvalue weighted by Gasteiger charge is -2.22. The van der Waals surface area contributed by atoms with Crippen LogP contribution in [0.15, 0.2) is 18.2 Å². The summed E-state index contributed by atoms with van der Waals surface area (Å²) < 4.78 is 0. The molecule has 0 spiro atoms. The molecule has 0 aromatic heterocycles. The summed E-state index contributed by atoms with van der Waals surface area (Å²) in [5.41, 5.74) is 2.95. The second-order valence-electron chi connectivity index (χ2n) is 5.10. The summed E-state index contributed by atoms with van der Waals surface area (Å²) in [7, 11) is 0. The van der Waals surface area contributed by atoms with Crippen molar-refractivity contribution in [3.8, 4) is 6.07 Å². The SMILES string of the molecule is Cc1cc(C#N)ccc1CN(CCC(=O)O)C1CC1. The maximum absolute atomic E-state index is 10.7. The molecule has 0 bridgehead atoms. The van der Waals surface area contributed by atoms with E-state index in [0.29, 0.717) is 18.2 Å². The molecule has 4 heteroatoms. The fourth-order valence-electron chi connectivity index (χ4n) is 2.23. The Morgan fingerprint density at radius 2 is 2.26 bits per heavy atom. The average Bonchev–Trinajstić information content (AvgIpc) is 3.20. The van der Waals surface area contributed by atoms with Crippen LogP contribution < -0.4 is 0 Å². The Kier molecular flexibility index (Phi) is 4.18. The summed E-state index contributed by atoms with van der Waals surface area (Å²) in [5.74, 6) is -0.748. The number of nitriles is 1. The number of hydrogen-bond acceptors (Lipinski definition) is 3. The molecule has 0 atom stereocenters. The van der Waals surface area contributed by atoms with Gasteiger partial charge in [0.15, 0.2) is 0 Å². The number of aryl methyl sites for hydroxylation is 1. The first kappa shape index (κ1) is 13.6. The van der Waals surface area contributed by atoms with Crippen molar-refractivity contribution in [1.29, 1.82) is 5.26 Å². The highest BCUT2D eigenvalue weighted by atomic mass is 16.4. The Morgan fingerprint density at radius 3 is 2.79 bits per heavy atom. The molecule has 1 aliphatic rings. The zero-order valence-electron chi connectivity index (χ0n) is 11.1. The molecule has 1 aromatic rings. The largest absolute Gasteiger partial charge is 0.481 e. The predicted molar refractivity (Wildman–Crippen MR) is 71.6 cm³/mol. The van der Waals surface area contributed by atoms with Crippen molar-refractivity contribution in [3.63, 3.8) is 0 Å². The molecular weight excluding hydrogens is 240 g/mol. The van der Waals surface area contributed by atoms with Gasteiger partial charge in [-0.05, 0) is 43.0 Å². The Labute approximate surface area is 113 Å². The number of carboxylic acids is 1. The van der Waals surface area contributed by atoms with Gasteiger partial charge in [-0.25, -0.2) is 0 Å². The van der Waals surface area contributed by atoms with Crippen molar-refractivity contribution < 1.29 is 9.90 Å². The van der Waals surface area contributed by atoms with Crippen LogP contribution in [0, 0.1) is 18.3 Å². The molecule has 1 aromatic carbocycles. The number of carbonyl (C=O) groups is 1. The third-order valence-corrected chi connectivity index (χ3v) is 3.52. The lowest BCUT2D eigenvalue weighted by atomic mass is 10.0. The van der Waals surface area contributed by atoms with Crippen LogP contribution in [0.25, 0.3) is 0 Å². The summed E-state index contributed by atoms with van der Waals surface area (Å²) in [6.07, 6.45) is 2.51. The van der Waals surface area contributed by atoms with Gasteiger partial charge >= 0.3 is 5.97 Å². The Bertz CT molecular complexity index is 515. The Balaban J connectivity index is 2.04. The van der Waals surface area contributed by atoms with Gasteiger partial charge in [0.05, 0.1) is 18.1 Å². The minimum atomic E-state index is -0.748. The van der Waals surface area contributed by atoms with Gasteiger partial charge in [0.1, 0.15) is 0 Å². The molecule has 0 radical (unpaired) electrons. The Morgan fingerprint density at radius 1 is 1.53 bits per heavy atom. The van der Waals surface area contributed by atoms with Gasteiger partial charge in [-0.1, -0.05) is 6.07 Å². The molecule has 0 unspecified atom stereocenters. The van der Waals surface area contributed by atoms with Crippen LogP contribution in [0.5, 0.6) is 0 Å². The van der Waals surface area contributed by atoms with E-state index in [0.717, 1.165) is 24.9 Å². The van der Waals surface area contributed by atoms with E-state index in [2.05, 4.69) is 11.0 Å². The lowest BCUT2D eigenvalue weighted by molar-refractivity contribution is -0.137. The third kappa shape index (κ3) is 3.80. The fraction of sp³-hybridized carbons (Fsp3) is 0.467. The predicted octanol–water partition coefficient (Wildman–Crippen LogP) is 2.31. The highest BCUT2D eigenvalue weighted by Gasteiger charge is 2.29. The maximum Gasteiger partial charge on any atom is 0.304 e. The van der Waals surface area contributed by atoms with E-state index in [9.17, 15) is 4.79 Å². The summed E-state index contributed by atoms with van der Waals surface area (Å²) in [6.45, 7) is 3.37. The fourth-order valence-corrected chi connectivity index (χ4v) is 2.23. The third-order valence-electron chi connectivity index (χ3n) is 3.52. The summed E-state index contributed by atoms with van der Waals surface area (Å²) >= 11 is 0. The van der Waals surface area contributed by atoms with Crippen LogP contribution in [0.1, 0.15) is 36.0 Å². The number of aliphatic carboxylic acids is 1. The van der Waals surface area contributed by atoms with Crippen LogP contribution in [-0.4, -0.2) is 28.6 Å². The molecule has 1 fully saturated rings. The molecule has 100 valence electrons. The van der Waals surface area contributed by atoms with Gasteiger partial charge in [-0.15, -0.1) is 0 Å². The molecule has 1 saturated carbocycles. The standard InChI is InChI=1S/C15H18N2O2/c1-11-8-12(9-16)2-3-13(11)10-17(14-4-5-14)7-6-15(18)19/h2-3,8,14H,4-7,10H2,1H3,(H,18,19). The normalized spacial score (nSPS) is 14.4. The molecule has 1 N–H and O–H groups in total. The van der Waals surface area contributed by atoms with Crippen molar-refractivity contribution >= 4 is 5.97 Å². The number of nitrogens with zero attached hydrogens (tertiary/aromatic N) is 2. The molecule has 0 aliphatic heterocycles. The molecule has 0 saturated heterocycles. The van der Waals surface area contributed by atoms with Gasteiger partial charge in [-0.2, -0.15) is 5.26 Å². The second kappa shape index (κ2) is 5.85. The molecule has 4 nitrogen and oxygen atoms in total. The van der Waals surface area contributed by atoms with E-state index in [4.69, 9.17) is 10.4 Å². The monoisotopic (exact) mass is 258 g/mol. The first-order valence-electron chi connectivity index (χ1n) is 6.55. The molecule has 0 amide bonds. The quantitative estimate of drug-likeness (QED) is 0.850. The molecule has 2 rings (SSSR count). The smallest absolute Gasteiger partial charge is 0.304 e. The molecule has 19 heavy (non-hydrogen) atoms. The van der Waals surface area contributed by atoms with Crippen LogP contribution >= 0.6 is 0 Å². The van der Waals surface area contributed by atoms with E-state index in [-0.39, 0.29) is 6.42 Å². The first-order chi connectivity index (χ1) is 9.10. The minimum Gasteiger partial charge on any atom is -0.481 e. The highest BCUT2D eigenvalue weighted by Crippen LogP contribution is 2.29. The molecule has 1 aliphatic carbocycles. The van der Waals surface area contributed by atoms with Crippen molar-refractivity contribution in [2.45, 2.75) is 38.8 Å². The van der Waals surface area contributed by atoms with Crippen molar-refractivity contribution in [1.82, 2.24) is 4.90 Å². The maximum atomic E-state index is 10.7. The number of rotatable bonds is 6. The summed E-state index contributed by atoms with van der Waals surface area (Å²) in [4.78, 5) is 12.9. The zero-order chi connectivity index (χ0) is 13.8. The Hall–Kier alpha value is -1.86. The molecule has 0 heterocycles.